The summed E-state index contributed by atoms with van der Waals surface area (Å²) in [7, 11) is 0. The van der Waals surface area contributed by atoms with Gasteiger partial charge in [0, 0.05) is 6.42 Å². The maximum atomic E-state index is 13.2. The molecule has 0 aliphatic carbocycles. The van der Waals surface area contributed by atoms with E-state index in [-0.39, 0.29) is 12.8 Å². The van der Waals surface area contributed by atoms with E-state index in [0.717, 1.165) is 16.7 Å². The maximum Gasteiger partial charge on any atom is 0.408 e. The summed E-state index contributed by atoms with van der Waals surface area (Å²) in [6.45, 7) is 5.54. The number of aryl methyl sites for hydroxylation is 1. The predicted octanol–water partition coefficient (Wildman–Crippen LogP) is 5.64. The molecule has 0 bridgehead atoms. The van der Waals surface area contributed by atoms with E-state index >= 15 is 0 Å². The van der Waals surface area contributed by atoms with Gasteiger partial charge >= 0.3 is 12.1 Å². The normalized spacial score (nSPS) is 17.0. The summed E-state index contributed by atoms with van der Waals surface area (Å²) in [6.07, 6.45) is -0.917. The molecule has 2 N–H and O–H groups in total. The molecule has 3 aromatic carbocycles. The summed E-state index contributed by atoms with van der Waals surface area (Å²) in [5.74, 6) is -1.43. The van der Waals surface area contributed by atoms with Gasteiger partial charge < -0.3 is 24.6 Å². The molecule has 0 spiro atoms. The molecule has 3 aromatic rings. The number of Topliss-reactive ketones (excluding diaryl/α,β-unsaturated/α-hetero) is 1. The van der Waals surface area contributed by atoms with E-state index in [1.807, 2.05) is 60.7 Å². The molecule has 1 fully saturated rings. The molecule has 41 heavy (non-hydrogen) atoms. The van der Waals surface area contributed by atoms with Gasteiger partial charge in [-0.25, -0.2) is 9.59 Å². The smallest absolute Gasteiger partial charge is 0.408 e. The first-order valence-electron chi connectivity index (χ1n) is 13.6. The molecule has 1 unspecified atom stereocenters. The monoisotopic (exact) mass is 557 g/mol. The Morgan fingerprint density at radius 1 is 0.902 bits per heavy atom. The molecule has 214 valence electrons. The highest BCUT2D eigenvalue weighted by Crippen LogP contribution is 2.26. The van der Waals surface area contributed by atoms with Crippen molar-refractivity contribution in [2.45, 2.75) is 64.4 Å². The molecule has 1 amide bonds. The van der Waals surface area contributed by atoms with Crippen molar-refractivity contribution < 1.29 is 33.7 Å². The first-order chi connectivity index (χ1) is 19.6. The number of cyclic esters (lactones) is 1. The van der Waals surface area contributed by atoms with Crippen LogP contribution in [0.1, 0.15) is 43.9 Å². The van der Waals surface area contributed by atoms with Gasteiger partial charge in [0.15, 0.2) is 6.10 Å². The number of ether oxygens (including phenoxy) is 3. The zero-order valence-electron chi connectivity index (χ0n) is 23.5. The molecule has 8 heteroatoms. The molecule has 4 rings (SSSR count). The minimum atomic E-state index is -1.11. The van der Waals surface area contributed by atoms with Crippen LogP contribution in [0.15, 0.2) is 96.3 Å². The van der Waals surface area contributed by atoms with Crippen LogP contribution in [0.3, 0.4) is 0 Å². The van der Waals surface area contributed by atoms with Gasteiger partial charge in [-0.1, -0.05) is 72.8 Å². The van der Waals surface area contributed by atoms with E-state index in [1.54, 1.807) is 45.0 Å². The number of nitrogens with one attached hydrogen (secondary N) is 1. The fraction of sp³-hybridized carbons (Fsp3) is 0.303. The quantitative estimate of drug-likeness (QED) is 0.144. The van der Waals surface area contributed by atoms with E-state index < -0.39 is 46.9 Å². The van der Waals surface area contributed by atoms with Crippen molar-refractivity contribution in [3.8, 4) is 5.75 Å². The van der Waals surface area contributed by atoms with Crippen molar-refractivity contribution in [1.29, 1.82) is 0 Å². The van der Waals surface area contributed by atoms with Crippen molar-refractivity contribution in [3.05, 3.63) is 113 Å². The number of esters is 1. The van der Waals surface area contributed by atoms with Gasteiger partial charge in [-0.2, -0.15) is 0 Å². The second kappa shape index (κ2) is 13.2. The Labute approximate surface area is 239 Å². The minimum absolute atomic E-state index is 0.0861. The molecular formula is C33H35NO7. The number of aliphatic hydroxyl groups is 1. The van der Waals surface area contributed by atoms with Gasteiger partial charge in [0.25, 0.3) is 0 Å². The molecule has 1 aliphatic heterocycles. The van der Waals surface area contributed by atoms with Gasteiger partial charge in [-0.05, 0) is 62.4 Å². The summed E-state index contributed by atoms with van der Waals surface area (Å²) in [6, 6.07) is 25.3. The van der Waals surface area contributed by atoms with Crippen LogP contribution in [-0.2, 0) is 38.5 Å². The third-order valence-corrected chi connectivity index (χ3v) is 6.42. The number of alkyl carbamates (subject to hydrolysis) is 1. The van der Waals surface area contributed by atoms with Crippen LogP contribution in [0.25, 0.3) is 0 Å². The lowest BCUT2D eigenvalue weighted by Gasteiger charge is -2.24. The number of carbonyl (C=O) groups excluding carboxylic acids is 3. The van der Waals surface area contributed by atoms with Crippen molar-refractivity contribution in [3.63, 3.8) is 0 Å². The van der Waals surface area contributed by atoms with Crippen molar-refractivity contribution in [2.24, 2.45) is 0 Å². The van der Waals surface area contributed by atoms with Crippen molar-refractivity contribution in [2.75, 3.05) is 0 Å². The first-order valence-corrected chi connectivity index (χ1v) is 13.6. The Morgan fingerprint density at radius 3 is 2.12 bits per heavy atom. The number of hydrogen-bond acceptors (Lipinski definition) is 7. The van der Waals surface area contributed by atoms with E-state index in [4.69, 9.17) is 14.2 Å². The highest BCUT2D eigenvalue weighted by atomic mass is 16.6. The lowest BCUT2D eigenvalue weighted by Crippen LogP contribution is -2.42. The summed E-state index contributed by atoms with van der Waals surface area (Å²) in [4.78, 5) is 38.5. The Bertz CT molecular complexity index is 1380. The fourth-order valence-corrected chi connectivity index (χ4v) is 4.40. The number of carbonyl (C=O) groups is 3. The average molecular weight is 558 g/mol. The third kappa shape index (κ3) is 8.45. The summed E-state index contributed by atoms with van der Waals surface area (Å²) in [5, 5.41) is 13.8. The van der Waals surface area contributed by atoms with Crippen LogP contribution < -0.4 is 10.1 Å². The molecule has 0 aromatic heterocycles. The number of aliphatic hydroxyl groups excluding tert-OH is 1. The van der Waals surface area contributed by atoms with E-state index in [0.29, 0.717) is 18.8 Å². The highest BCUT2D eigenvalue weighted by molar-refractivity contribution is 6.23. The van der Waals surface area contributed by atoms with E-state index in [9.17, 15) is 19.5 Å². The molecule has 1 saturated heterocycles. The standard InChI is InChI=1S/C33H35NO7/c1-33(2,3)41-32(38)34-26(20-23-14-17-25(18-15-23)39-21-24-12-8-5-9-13-24)29(35)28-30(36)27(40-31(28)37)19-16-22-10-6-4-7-11-22/h4-15,17-18,26-27,35H,16,19-21H2,1-3H3,(H,34,38)/t26-,27?/m0/s1. The largest absolute Gasteiger partial charge is 0.509 e. The van der Waals surface area contributed by atoms with Gasteiger partial charge in [0.05, 0.1) is 6.04 Å². The fourth-order valence-electron chi connectivity index (χ4n) is 4.40. The molecule has 0 saturated carbocycles. The lowest BCUT2D eigenvalue weighted by atomic mass is 9.97. The van der Waals surface area contributed by atoms with Crippen LogP contribution in [0.4, 0.5) is 4.79 Å². The number of hydrogen-bond donors (Lipinski definition) is 2. The first kappa shape index (κ1) is 29.4. The average Bonchev–Trinajstić information content (AvgIpc) is 3.23. The Hall–Kier alpha value is -4.59. The number of amides is 1. The lowest BCUT2D eigenvalue weighted by molar-refractivity contribution is -0.141. The van der Waals surface area contributed by atoms with Crippen LogP contribution >= 0.6 is 0 Å². The topological polar surface area (TPSA) is 111 Å². The minimum Gasteiger partial charge on any atom is -0.509 e. The SMILES string of the molecule is CC(C)(C)OC(=O)N[C@@H](Cc1ccc(OCc2ccccc2)cc1)C(O)=C1C(=O)OC(CCc2ccccc2)C1=O. The Morgan fingerprint density at radius 2 is 1.51 bits per heavy atom. The van der Waals surface area contributed by atoms with E-state index in [2.05, 4.69) is 5.32 Å². The second-order valence-electron chi connectivity index (χ2n) is 10.9. The molecule has 1 heterocycles. The van der Waals surface area contributed by atoms with Gasteiger partial charge in [0.1, 0.15) is 29.3 Å². The molecular weight excluding hydrogens is 522 g/mol. The number of rotatable bonds is 10. The maximum absolute atomic E-state index is 13.2. The number of ketones is 1. The number of benzene rings is 3. The van der Waals surface area contributed by atoms with E-state index in [1.165, 1.54) is 0 Å². The van der Waals surface area contributed by atoms with Crippen LogP contribution in [0.2, 0.25) is 0 Å². The summed E-state index contributed by atoms with van der Waals surface area (Å²) < 4.78 is 16.5. The van der Waals surface area contributed by atoms with Crippen molar-refractivity contribution >= 4 is 17.8 Å². The van der Waals surface area contributed by atoms with Crippen LogP contribution in [0, 0.1) is 0 Å². The third-order valence-electron chi connectivity index (χ3n) is 6.42. The highest BCUT2D eigenvalue weighted by Gasteiger charge is 2.42. The van der Waals surface area contributed by atoms with Crippen LogP contribution in [-0.4, -0.2) is 40.7 Å². The van der Waals surface area contributed by atoms with Gasteiger partial charge in [0.2, 0.25) is 5.78 Å². The zero-order valence-corrected chi connectivity index (χ0v) is 23.5. The van der Waals surface area contributed by atoms with Crippen molar-refractivity contribution in [1.82, 2.24) is 5.32 Å². The summed E-state index contributed by atoms with van der Waals surface area (Å²) in [5.41, 5.74) is 1.51. The Balaban J connectivity index is 1.50. The molecule has 2 atom stereocenters. The predicted molar refractivity (Wildman–Crippen MR) is 153 cm³/mol. The zero-order chi connectivity index (χ0) is 29.4. The second-order valence-corrected chi connectivity index (χ2v) is 10.9. The van der Waals surface area contributed by atoms with Gasteiger partial charge in [-0.15, -0.1) is 0 Å². The molecule has 1 aliphatic rings. The molecule has 0 radical (unpaired) electrons. The van der Waals surface area contributed by atoms with Gasteiger partial charge in [-0.3, -0.25) is 4.79 Å². The Kier molecular flexibility index (Phi) is 9.45. The van der Waals surface area contributed by atoms with Crippen LogP contribution in [0.5, 0.6) is 5.75 Å². The summed E-state index contributed by atoms with van der Waals surface area (Å²) >= 11 is 0. The molecule has 8 nitrogen and oxygen atoms in total.